The van der Waals surface area contributed by atoms with Gasteiger partial charge in [0.05, 0.1) is 0 Å². The van der Waals surface area contributed by atoms with Crippen molar-refractivity contribution in [2.75, 3.05) is 0 Å². The molecule has 0 aromatic carbocycles. The summed E-state index contributed by atoms with van der Waals surface area (Å²) in [5.74, 6) is 6.77. The van der Waals surface area contributed by atoms with Crippen molar-refractivity contribution in [1.29, 1.82) is 0 Å². The molecule has 0 aromatic heterocycles. The molecule has 2 unspecified atom stereocenters. The lowest BCUT2D eigenvalue weighted by molar-refractivity contribution is 0.290. The first kappa shape index (κ1) is 4.58. The van der Waals surface area contributed by atoms with Gasteiger partial charge in [0.15, 0.2) is 0 Å². The molecular weight excluding hydrogens is 120 g/mol. The zero-order chi connectivity index (χ0) is 6.29. The van der Waals surface area contributed by atoms with Crippen molar-refractivity contribution in [3.05, 3.63) is 12.2 Å². The van der Waals surface area contributed by atoms with E-state index < -0.39 is 0 Å². The highest BCUT2D eigenvalue weighted by Crippen LogP contribution is 2.71. The van der Waals surface area contributed by atoms with E-state index in [9.17, 15) is 0 Å². The minimum absolute atomic E-state index is 1.06. The third kappa shape index (κ3) is 0.328. The van der Waals surface area contributed by atoms with Crippen molar-refractivity contribution >= 4 is 0 Å². The summed E-state index contributed by atoms with van der Waals surface area (Å²) in [7, 11) is 0. The van der Waals surface area contributed by atoms with Crippen molar-refractivity contribution < 1.29 is 0 Å². The standard InChI is InChI=1S/C10H12/c1-2-6-9-3-7(9)5(1)8-4-10(6)8/h1-2,5-10H,3-4H2/t5?,6?,7-,8+,9+,10-. The van der Waals surface area contributed by atoms with Crippen LogP contribution in [-0.2, 0) is 0 Å². The van der Waals surface area contributed by atoms with Crippen LogP contribution in [0.25, 0.3) is 0 Å². The second-order valence-corrected chi connectivity index (χ2v) is 4.67. The van der Waals surface area contributed by atoms with Gasteiger partial charge >= 0.3 is 0 Å². The smallest absolute Gasteiger partial charge is 0.0171 e. The van der Waals surface area contributed by atoms with Crippen LogP contribution in [0, 0.1) is 35.5 Å². The molecular formula is C10H12. The zero-order valence-electron chi connectivity index (χ0n) is 6.03. The van der Waals surface area contributed by atoms with E-state index in [0.29, 0.717) is 0 Å². The summed E-state index contributed by atoms with van der Waals surface area (Å²) < 4.78 is 0. The van der Waals surface area contributed by atoms with E-state index in [-0.39, 0.29) is 0 Å². The van der Waals surface area contributed by atoms with Crippen LogP contribution in [0.1, 0.15) is 12.8 Å². The molecule has 6 atom stereocenters. The molecule has 2 bridgehead atoms. The minimum atomic E-state index is 1.06. The average Bonchev–Trinajstić information content (AvgIpc) is 2.83. The largest absolute Gasteiger partial charge is 0.0845 e. The zero-order valence-corrected chi connectivity index (χ0v) is 6.03. The third-order valence-corrected chi connectivity index (χ3v) is 4.32. The van der Waals surface area contributed by atoms with E-state index >= 15 is 0 Å². The Hall–Kier alpha value is -0.260. The molecule has 0 nitrogen and oxygen atoms in total. The highest BCUT2D eigenvalue weighted by Gasteiger charge is 2.65. The van der Waals surface area contributed by atoms with E-state index in [2.05, 4.69) is 12.2 Å². The second-order valence-electron chi connectivity index (χ2n) is 4.67. The number of hydrogen-bond acceptors (Lipinski definition) is 0. The first-order valence-electron chi connectivity index (χ1n) is 4.63. The molecule has 3 saturated carbocycles. The highest BCUT2D eigenvalue weighted by molar-refractivity contribution is 5.25. The lowest BCUT2D eigenvalue weighted by atomic mass is 9.76. The van der Waals surface area contributed by atoms with Gasteiger partial charge in [0.25, 0.3) is 0 Å². The molecule has 0 spiro atoms. The summed E-state index contributed by atoms with van der Waals surface area (Å²) in [5, 5.41) is 0. The van der Waals surface area contributed by atoms with Gasteiger partial charge < -0.3 is 0 Å². The first-order valence-corrected chi connectivity index (χ1v) is 4.63. The molecule has 0 saturated heterocycles. The van der Waals surface area contributed by atoms with Crippen LogP contribution in [0.3, 0.4) is 0 Å². The van der Waals surface area contributed by atoms with Gasteiger partial charge in [-0.1, -0.05) is 12.2 Å². The molecule has 3 fully saturated rings. The molecule has 5 aliphatic rings. The second kappa shape index (κ2) is 1.11. The Morgan fingerprint density at radius 1 is 0.700 bits per heavy atom. The summed E-state index contributed by atoms with van der Waals surface area (Å²) in [6.45, 7) is 0. The van der Waals surface area contributed by atoms with Crippen LogP contribution in [0.2, 0.25) is 0 Å². The molecule has 0 heteroatoms. The van der Waals surface area contributed by atoms with Crippen LogP contribution in [0.4, 0.5) is 0 Å². The fraction of sp³-hybridized carbons (Fsp3) is 0.800. The molecule has 10 heavy (non-hydrogen) atoms. The van der Waals surface area contributed by atoms with E-state index in [1.807, 2.05) is 0 Å². The van der Waals surface area contributed by atoms with Gasteiger partial charge in [0.1, 0.15) is 0 Å². The predicted molar refractivity (Wildman–Crippen MR) is 39.3 cm³/mol. The van der Waals surface area contributed by atoms with Gasteiger partial charge in [0, 0.05) is 0 Å². The lowest BCUT2D eigenvalue weighted by Crippen LogP contribution is -2.23. The van der Waals surface area contributed by atoms with Crippen molar-refractivity contribution in [3.8, 4) is 0 Å². The van der Waals surface area contributed by atoms with Crippen LogP contribution >= 0.6 is 0 Å². The van der Waals surface area contributed by atoms with E-state index in [4.69, 9.17) is 0 Å². The Kier molecular flexibility index (Phi) is 0.508. The Bertz CT molecular complexity index is 188. The maximum absolute atomic E-state index is 2.53. The summed E-state index contributed by atoms with van der Waals surface area (Å²) in [6.07, 6.45) is 8.23. The lowest BCUT2D eigenvalue weighted by Gasteiger charge is -2.28. The summed E-state index contributed by atoms with van der Waals surface area (Å²) in [4.78, 5) is 0. The molecule has 52 valence electrons. The van der Waals surface area contributed by atoms with Gasteiger partial charge in [-0.3, -0.25) is 0 Å². The van der Waals surface area contributed by atoms with Gasteiger partial charge in [-0.05, 0) is 48.3 Å². The Morgan fingerprint density at radius 2 is 1.10 bits per heavy atom. The van der Waals surface area contributed by atoms with Gasteiger partial charge in [-0.25, -0.2) is 0 Å². The van der Waals surface area contributed by atoms with Crippen LogP contribution in [-0.4, -0.2) is 0 Å². The van der Waals surface area contributed by atoms with Gasteiger partial charge in [-0.15, -0.1) is 0 Å². The normalized spacial score (nSPS) is 72.8. The SMILES string of the molecule is C1=CC2[C@H]3C[C@H]3C1[C@H]1C[C@@H]21. The number of rotatable bonds is 0. The molecule has 0 aliphatic heterocycles. The molecule has 0 aromatic rings. The van der Waals surface area contributed by atoms with Gasteiger partial charge in [0.2, 0.25) is 0 Å². The van der Waals surface area contributed by atoms with Crippen molar-refractivity contribution in [2.24, 2.45) is 35.5 Å². The molecule has 5 rings (SSSR count). The Morgan fingerprint density at radius 3 is 1.50 bits per heavy atom. The molecule has 0 N–H and O–H groups in total. The third-order valence-electron chi connectivity index (χ3n) is 4.32. The fourth-order valence-corrected chi connectivity index (χ4v) is 3.70. The first-order chi connectivity index (χ1) is 4.95. The van der Waals surface area contributed by atoms with Crippen molar-refractivity contribution in [2.45, 2.75) is 12.8 Å². The molecule has 0 amide bonds. The Balaban J connectivity index is 1.93. The fourth-order valence-electron chi connectivity index (χ4n) is 3.70. The number of allylic oxidation sites excluding steroid dienone is 2. The maximum Gasteiger partial charge on any atom is -0.0171 e. The van der Waals surface area contributed by atoms with Crippen LogP contribution < -0.4 is 0 Å². The van der Waals surface area contributed by atoms with Crippen molar-refractivity contribution in [1.82, 2.24) is 0 Å². The van der Waals surface area contributed by atoms with E-state index in [1.165, 1.54) is 23.7 Å². The molecule has 5 aliphatic carbocycles. The van der Waals surface area contributed by atoms with Gasteiger partial charge in [-0.2, -0.15) is 0 Å². The number of hydrogen-bond donors (Lipinski definition) is 0. The summed E-state index contributed by atoms with van der Waals surface area (Å²) in [6, 6.07) is 0. The highest BCUT2D eigenvalue weighted by atomic mass is 14.7. The Labute approximate surface area is 61.3 Å². The minimum Gasteiger partial charge on any atom is -0.0845 e. The molecule has 0 heterocycles. The van der Waals surface area contributed by atoms with Crippen molar-refractivity contribution in [3.63, 3.8) is 0 Å². The molecule has 0 radical (unpaired) electrons. The van der Waals surface area contributed by atoms with Crippen LogP contribution in [0.5, 0.6) is 0 Å². The topological polar surface area (TPSA) is 0 Å². The maximum atomic E-state index is 2.53. The van der Waals surface area contributed by atoms with Crippen LogP contribution in [0.15, 0.2) is 12.2 Å². The quantitative estimate of drug-likeness (QED) is 0.443. The predicted octanol–water partition coefficient (Wildman–Crippen LogP) is 2.07. The van der Waals surface area contributed by atoms with E-state index in [1.54, 1.807) is 12.8 Å². The summed E-state index contributed by atoms with van der Waals surface area (Å²) in [5.41, 5.74) is 0. The summed E-state index contributed by atoms with van der Waals surface area (Å²) >= 11 is 0. The van der Waals surface area contributed by atoms with E-state index in [0.717, 1.165) is 11.8 Å². The monoisotopic (exact) mass is 132 g/mol. The average molecular weight is 132 g/mol.